The molecule has 0 spiro atoms. The van der Waals surface area contributed by atoms with Crippen LogP contribution in [-0.4, -0.2) is 43.2 Å². The van der Waals surface area contributed by atoms with Crippen molar-refractivity contribution in [3.05, 3.63) is 63.5 Å². The van der Waals surface area contributed by atoms with Crippen LogP contribution in [0.2, 0.25) is 0 Å². The minimum absolute atomic E-state index is 0.131. The van der Waals surface area contributed by atoms with Crippen molar-refractivity contribution >= 4 is 21.6 Å². The Kier molecular flexibility index (Phi) is 8.06. The average Bonchev–Trinajstić information content (AvgIpc) is 2.73. The Balaban J connectivity index is 2.09. The van der Waals surface area contributed by atoms with Crippen LogP contribution < -0.4 is 10.1 Å². The molecule has 1 N–H and O–H groups in total. The van der Waals surface area contributed by atoms with Crippen LogP contribution in [0.3, 0.4) is 0 Å². The maximum atomic E-state index is 13.3. The van der Waals surface area contributed by atoms with Gasteiger partial charge in [0, 0.05) is 25.7 Å². The van der Waals surface area contributed by atoms with Crippen LogP contribution in [0.15, 0.2) is 41.3 Å². The van der Waals surface area contributed by atoms with Crippen molar-refractivity contribution in [2.45, 2.75) is 32.2 Å². The van der Waals surface area contributed by atoms with Crippen molar-refractivity contribution in [1.29, 1.82) is 0 Å². The summed E-state index contributed by atoms with van der Waals surface area (Å²) in [5.74, 6) is -1.12. The van der Waals surface area contributed by atoms with Gasteiger partial charge in [-0.3, -0.25) is 14.9 Å². The smallest absolute Gasteiger partial charge is 0.312 e. The zero-order valence-electron chi connectivity index (χ0n) is 17.4. The summed E-state index contributed by atoms with van der Waals surface area (Å²) < 4.78 is 44.9. The third-order valence-electron chi connectivity index (χ3n) is 4.54. The van der Waals surface area contributed by atoms with Crippen molar-refractivity contribution in [2.24, 2.45) is 0 Å². The van der Waals surface area contributed by atoms with E-state index in [0.29, 0.717) is 11.1 Å². The molecule has 0 bridgehead atoms. The number of nitrogens with zero attached hydrogens (tertiary/aromatic N) is 2. The molecule has 0 atom stereocenters. The van der Waals surface area contributed by atoms with E-state index in [1.807, 2.05) is 0 Å². The number of halogens is 1. The summed E-state index contributed by atoms with van der Waals surface area (Å²) in [5, 5.41) is 14.0. The van der Waals surface area contributed by atoms with E-state index in [9.17, 15) is 27.7 Å². The molecule has 0 aromatic heterocycles. The van der Waals surface area contributed by atoms with Gasteiger partial charge in [0.05, 0.1) is 9.82 Å². The van der Waals surface area contributed by atoms with Gasteiger partial charge in [0.1, 0.15) is 5.82 Å². The van der Waals surface area contributed by atoms with Crippen LogP contribution in [-0.2, 0) is 21.4 Å². The summed E-state index contributed by atoms with van der Waals surface area (Å²) in [7, 11) is -3.88. The van der Waals surface area contributed by atoms with Crippen LogP contribution in [0.5, 0.6) is 5.75 Å². The van der Waals surface area contributed by atoms with E-state index >= 15 is 0 Å². The number of amides is 1. The molecule has 0 aliphatic heterocycles. The largest absolute Gasteiger partial charge is 0.477 e. The van der Waals surface area contributed by atoms with Crippen LogP contribution in [0.1, 0.15) is 25.0 Å². The van der Waals surface area contributed by atoms with Crippen molar-refractivity contribution in [3.63, 3.8) is 0 Å². The summed E-state index contributed by atoms with van der Waals surface area (Å²) in [6.45, 7) is 5.00. The highest BCUT2D eigenvalue weighted by molar-refractivity contribution is 7.89. The van der Waals surface area contributed by atoms with Gasteiger partial charge in [-0.05, 0) is 36.2 Å². The maximum Gasteiger partial charge on any atom is 0.312 e. The first-order chi connectivity index (χ1) is 14.6. The van der Waals surface area contributed by atoms with Gasteiger partial charge in [-0.2, -0.15) is 4.31 Å². The quantitative estimate of drug-likeness (QED) is 0.436. The predicted molar refractivity (Wildman–Crippen MR) is 112 cm³/mol. The third kappa shape index (κ3) is 5.98. The van der Waals surface area contributed by atoms with Gasteiger partial charge in [-0.25, -0.2) is 12.8 Å². The summed E-state index contributed by atoms with van der Waals surface area (Å²) >= 11 is 0. The number of hydrogen-bond donors (Lipinski definition) is 1. The molecule has 0 heterocycles. The molecule has 2 aromatic carbocycles. The van der Waals surface area contributed by atoms with Gasteiger partial charge < -0.3 is 10.1 Å². The second-order valence-corrected chi connectivity index (χ2v) is 8.56. The van der Waals surface area contributed by atoms with E-state index in [1.165, 1.54) is 22.5 Å². The lowest BCUT2D eigenvalue weighted by molar-refractivity contribution is -0.386. The van der Waals surface area contributed by atoms with Crippen LogP contribution in [0.4, 0.5) is 10.1 Å². The fourth-order valence-corrected chi connectivity index (χ4v) is 4.33. The molecular formula is C20H24FN3O6S. The van der Waals surface area contributed by atoms with E-state index in [0.717, 1.165) is 12.1 Å². The Bertz CT molecular complexity index is 1070. The van der Waals surface area contributed by atoms with Crippen molar-refractivity contribution in [2.75, 3.05) is 19.7 Å². The van der Waals surface area contributed by atoms with Gasteiger partial charge in [-0.15, -0.1) is 0 Å². The minimum Gasteiger partial charge on any atom is -0.477 e. The van der Waals surface area contributed by atoms with Crippen LogP contribution >= 0.6 is 0 Å². The van der Waals surface area contributed by atoms with Gasteiger partial charge in [-0.1, -0.05) is 26.0 Å². The topological polar surface area (TPSA) is 119 Å². The third-order valence-corrected chi connectivity index (χ3v) is 6.59. The SMILES string of the molecule is CCN(CC)S(=O)(=O)c1ccc(OCC(=O)NCc2ccc(F)c(C)c2)c([N+](=O)[O-])c1. The first kappa shape index (κ1) is 24.2. The molecule has 1 amide bonds. The molecule has 0 aliphatic rings. The number of nitro groups is 1. The van der Waals surface area contributed by atoms with Crippen molar-refractivity contribution < 1.29 is 27.3 Å². The first-order valence-corrected chi connectivity index (χ1v) is 11.0. The molecule has 31 heavy (non-hydrogen) atoms. The van der Waals surface area contributed by atoms with E-state index in [1.54, 1.807) is 26.8 Å². The Morgan fingerprint density at radius 1 is 1.19 bits per heavy atom. The second-order valence-electron chi connectivity index (χ2n) is 6.62. The number of benzene rings is 2. The fourth-order valence-electron chi connectivity index (χ4n) is 2.85. The molecule has 0 radical (unpaired) electrons. The Morgan fingerprint density at radius 3 is 2.45 bits per heavy atom. The van der Waals surface area contributed by atoms with Gasteiger partial charge in [0.15, 0.2) is 12.4 Å². The van der Waals surface area contributed by atoms with E-state index in [2.05, 4.69) is 5.32 Å². The predicted octanol–water partition coefficient (Wildman–Crippen LogP) is 2.77. The maximum absolute atomic E-state index is 13.3. The van der Waals surface area contributed by atoms with Gasteiger partial charge in [0.2, 0.25) is 10.0 Å². The van der Waals surface area contributed by atoms with E-state index < -0.39 is 33.1 Å². The second kappa shape index (κ2) is 10.3. The first-order valence-electron chi connectivity index (χ1n) is 9.53. The molecule has 11 heteroatoms. The lowest BCUT2D eigenvalue weighted by Gasteiger charge is -2.18. The number of nitro benzene ring substituents is 1. The van der Waals surface area contributed by atoms with Crippen LogP contribution in [0, 0.1) is 22.9 Å². The molecule has 2 rings (SSSR count). The number of carbonyl (C=O) groups is 1. The number of rotatable bonds is 10. The Hall–Kier alpha value is -3.05. The Morgan fingerprint density at radius 2 is 1.87 bits per heavy atom. The van der Waals surface area contributed by atoms with Crippen LogP contribution in [0.25, 0.3) is 0 Å². The van der Waals surface area contributed by atoms with E-state index in [-0.39, 0.29) is 36.1 Å². The number of hydrogen-bond acceptors (Lipinski definition) is 6. The van der Waals surface area contributed by atoms with Gasteiger partial charge >= 0.3 is 5.69 Å². The minimum atomic E-state index is -3.88. The number of sulfonamides is 1. The molecule has 9 nitrogen and oxygen atoms in total. The molecule has 0 unspecified atom stereocenters. The van der Waals surface area contributed by atoms with Gasteiger partial charge in [0.25, 0.3) is 5.91 Å². The highest BCUT2D eigenvalue weighted by Crippen LogP contribution is 2.30. The summed E-state index contributed by atoms with van der Waals surface area (Å²) in [6.07, 6.45) is 0. The monoisotopic (exact) mass is 453 g/mol. The fraction of sp³-hybridized carbons (Fsp3) is 0.350. The van der Waals surface area contributed by atoms with E-state index in [4.69, 9.17) is 4.74 Å². The number of ether oxygens (including phenoxy) is 1. The highest BCUT2D eigenvalue weighted by Gasteiger charge is 2.26. The summed E-state index contributed by atoms with van der Waals surface area (Å²) in [6, 6.07) is 7.70. The van der Waals surface area contributed by atoms with Crippen molar-refractivity contribution in [1.82, 2.24) is 9.62 Å². The molecular weight excluding hydrogens is 429 g/mol. The zero-order chi connectivity index (χ0) is 23.2. The molecule has 0 aliphatic carbocycles. The lowest BCUT2D eigenvalue weighted by atomic mass is 10.1. The number of nitrogens with one attached hydrogen (secondary N) is 1. The van der Waals surface area contributed by atoms with Crippen molar-refractivity contribution in [3.8, 4) is 5.75 Å². The molecule has 0 saturated carbocycles. The molecule has 168 valence electrons. The number of aryl methyl sites for hydroxylation is 1. The summed E-state index contributed by atoms with van der Waals surface area (Å²) in [4.78, 5) is 22.4. The Labute approximate surface area is 180 Å². The normalized spacial score (nSPS) is 11.4. The standard InChI is InChI=1S/C20H24FN3O6S/c1-4-23(5-2)31(28,29)16-7-9-19(18(11-16)24(26)27)30-13-20(25)22-12-15-6-8-17(21)14(3)10-15/h6-11H,4-5,12-13H2,1-3H3,(H,22,25). The average molecular weight is 453 g/mol. The summed E-state index contributed by atoms with van der Waals surface area (Å²) in [5.41, 5.74) is 0.567. The molecule has 0 fully saturated rings. The number of carbonyl (C=O) groups excluding carboxylic acids is 1. The lowest BCUT2D eigenvalue weighted by Crippen LogP contribution is -2.30. The highest BCUT2D eigenvalue weighted by atomic mass is 32.2. The molecule has 0 saturated heterocycles. The zero-order valence-corrected chi connectivity index (χ0v) is 18.2. The molecule has 2 aromatic rings.